The zero-order chi connectivity index (χ0) is 20.8. The normalized spacial score (nSPS) is 16.1. The summed E-state index contributed by atoms with van der Waals surface area (Å²) in [5.74, 6) is -1.10. The molecule has 1 amide bonds. The van der Waals surface area contributed by atoms with Crippen molar-refractivity contribution in [2.75, 3.05) is 18.2 Å². The van der Waals surface area contributed by atoms with Crippen LogP contribution in [0.4, 0.5) is 5.69 Å². The summed E-state index contributed by atoms with van der Waals surface area (Å²) in [7, 11) is 1.32. The van der Waals surface area contributed by atoms with Crippen molar-refractivity contribution in [3.8, 4) is 6.07 Å². The average molecular weight is 426 g/mol. The van der Waals surface area contributed by atoms with Gasteiger partial charge in [0.05, 0.1) is 35.5 Å². The molecule has 6 nitrogen and oxygen atoms in total. The molecule has 1 aliphatic heterocycles. The fourth-order valence-electron chi connectivity index (χ4n) is 2.98. The van der Waals surface area contributed by atoms with Crippen LogP contribution in [0.1, 0.15) is 17.7 Å². The third-order valence-corrected chi connectivity index (χ3v) is 6.24. The maximum Gasteiger partial charge on any atom is 0.316 e. The molecule has 0 aliphatic carbocycles. The van der Waals surface area contributed by atoms with E-state index >= 15 is 0 Å². The summed E-state index contributed by atoms with van der Waals surface area (Å²) >= 11 is 2.68. The van der Waals surface area contributed by atoms with Crippen molar-refractivity contribution in [2.24, 2.45) is 0 Å². The minimum atomic E-state index is -0.509. The fourth-order valence-corrected chi connectivity index (χ4v) is 4.74. The van der Waals surface area contributed by atoms with E-state index < -0.39 is 5.92 Å². The van der Waals surface area contributed by atoms with Crippen LogP contribution in [-0.2, 0) is 14.3 Å². The molecule has 0 fully saturated rings. The van der Waals surface area contributed by atoms with E-state index in [2.05, 4.69) is 16.7 Å². The Balaban J connectivity index is 1.98. The lowest BCUT2D eigenvalue weighted by Gasteiger charge is -2.29. The Kier molecular flexibility index (Phi) is 6.75. The summed E-state index contributed by atoms with van der Waals surface area (Å²) in [4.78, 5) is 25.6. The Hall–Kier alpha value is -3.02. The number of nitrogens with zero attached hydrogens (tertiary/aromatic N) is 1. The number of ether oxygens (including phenoxy) is 1. The van der Waals surface area contributed by atoms with Crippen LogP contribution in [0.15, 0.2) is 69.7 Å². The van der Waals surface area contributed by atoms with Crippen LogP contribution in [0.25, 0.3) is 0 Å². The van der Waals surface area contributed by atoms with Crippen LogP contribution in [-0.4, -0.2) is 24.7 Å². The van der Waals surface area contributed by atoms with E-state index in [1.54, 1.807) is 6.92 Å². The summed E-state index contributed by atoms with van der Waals surface area (Å²) in [5, 5.41) is 18.4. The number of benzene rings is 1. The van der Waals surface area contributed by atoms with Gasteiger partial charge in [0.1, 0.15) is 0 Å². The summed E-state index contributed by atoms with van der Waals surface area (Å²) < 4.78 is 4.69. The van der Waals surface area contributed by atoms with E-state index in [9.17, 15) is 14.9 Å². The molecular formula is C21H19N3O3S2. The first-order valence-corrected chi connectivity index (χ1v) is 10.6. The largest absolute Gasteiger partial charge is 0.468 e. The number of anilines is 1. The number of rotatable bonds is 6. The molecule has 2 heterocycles. The quantitative estimate of drug-likeness (QED) is 0.680. The summed E-state index contributed by atoms with van der Waals surface area (Å²) in [6.45, 7) is 1.80. The van der Waals surface area contributed by atoms with Crippen molar-refractivity contribution < 1.29 is 14.3 Å². The summed E-state index contributed by atoms with van der Waals surface area (Å²) in [6.07, 6.45) is 0. The number of hydrogen-bond donors (Lipinski definition) is 2. The lowest BCUT2D eigenvalue weighted by molar-refractivity contribution is -0.137. The molecular weight excluding hydrogens is 406 g/mol. The number of esters is 1. The number of para-hydroxylation sites is 1. The number of methoxy groups -OCH3 is 1. The number of nitriles is 1. The molecule has 8 heteroatoms. The van der Waals surface area contributed by atoms with Crippen LogP contribution in [0, 0.1) is 11.3 Å². The third kappa shape index (κ3) is 4.70. The second-order valence-corrected chi connectivity index (χ2v) is 8.12. The molecule has 3 rings (SSSR count). The van der Waals surface area contributed by atoms with Gasteiger partial charge in [0.25, 0.3) is 5.91 Å². The summed E-state index contributed by atoms with van der Waals surface area (Å²) in [5.41, 5.74) is 2.21. The highest BCUT2D eigenvalue weighted by molar-refractivity contribution is 8.03. The molecule has 1 aliphatic rings. The zero-order valence-corrected chi connectivity index (χ0v) is 17.5. The molecule has 1 aromatic heterocycles. The van der Waals surface area contributed by atoms with Crippen LogP contribution in [0.3, 0.4) is 0 Å². The van der Waals surface area contributed by atoms with Crippen molar-refractivity contribution in [1.29, 1.82) is 5.26 Å². The molecule has 148 valence electrons. The van der Waals surface area contributed by atoms with Gasteiger partial charge in [0, 0.05) is 21.8 Å². The van der Waals surface area contributed by atoms with Gasteiger partial charge in [0.2, 0.25) is 0 Å². The molecule has 2 N–H and O–H groups in total. The lowest BCUT2D eigenvalue weighted by atomic mass is 9.86. The molecule has 1 atom stereocenters. The SMILES string of the molecule is COC(=O)CSC1=C(C#N)C(c2cccs2)C(C(=O)Nc2ccccc2)=C(C)N1. The number of hydrogen-bond acceptors (Lipinski definition) is 7. The molecule has 0 saturated carbocycles. The topological polar surface area (TPSA) is 91.2 Å². The van der Waals surface area contributed by atoms with Gasteiger partial charge in [-0.25, -0.2) is 0 Å². The third-order valence-electron chi connectivity index (χ3n) is 4.31. The van der Waals surface area contributed by atoms with Gasteiger partial charge in [-0.3, -0.25) is 9.59 Å². The van der Waals surface area contributed by atoms with Crippen molar-refractivity contribution in [3.05, 3.63) is 74.6 Å². The highest BCUT2D eigenvalue weighted by atomic mass is 32.2. The molecule has 29 heavy (non-hydrogen) atoms. The first-order valence-electron chi connectivity index (χ1n) is 8.76. The van der Waals surface area contributed by atoms with Gasteiger partial charge in [-0.15, -0.1) is 11.3 Å². The van der Waals surface area contributed by atoms with E-state index in [1.165, 1.54) is 30.2 Å². The van der Waals surface area contributed by atoms with E-state index in [0.29, 0.717) is 27.6 Å². The first kappa shape index (κ1) is 20.7. The standard InChI is InChI=1S/C21H19N3O3S2/c1-13-18(20(26)24-14-7-4-3-5-8-14)19(16-9-6-10-28-16)15(11-22)21(23-13)29-12-17(25)27-2/h3-10,19,23H,12H2,1-2H3,(H,24,26). The van der Waals surface area contributed by atoms with Crippen LogP contribution in [0.5, 0.6) is 0 Å². The number of carbonyl (C=O) groups is 2. The van der Waals surface area contributed by atoms with E-state index in [1.807, 2.05) is 47.8 Å². The molecule has 0 bridgehead atoms. The van der Waals surface area contributed by atoms with E-state index in [0.717, 1.165) is 4.88 Å². The minimum absolute atomic E-state index is 0.0694. The smallest absolute Gasteiger partial charge is 0.316 e. The lowest BCUT2D eigenvalue weighted by Crippen LogP contribution is -2.30. The Labute approximate surface area is 177 Å². The van der Waals surface area contributed by atoms with E-state index in [-0.39, 0.29) is 17.6 Å². The second-order valence-electron chi connectivity index (χ2n) is 6.15. The average Bonchev–Trinajstić information content (AvgIpc) is 3.26. The molecule has 0 spiro atoms. The highest BCUT2D eigenvalue weighted by Gasteiger charge is 2.35. The monoisotopic (exact) mass is 425 g/mol. The Morgan fingerprint density at radius 2 is 2.03 bits per heavy atom. The van der Waals surface area contributed by atoms with Gasteiger partial charge in [-0.2, -0.15) is 5.26 Å². The van der Waals surface area contributed by atoms with Gasteiger partial charge in [0.15, 0.2) is 0 Å². The number of carbonyl (C=O) groups excluding carboxylic acids is 2. The van der Waals surface area contributed by atoms with E-state index in [4.69, 9.17) is 4.74 Å². The molecule has 0 saturated heterocycles. The van der Waals surface area contributed by atoms with Crippen molar-refractivity contribution in [2.45, 2.75) is 12.8 Å². The van der Waals surface area contributed by atoms with Gasteiger partial charge in [-0.05, 0) is 30.5 Å². The van der Waals surface area contributed by atoms with Gasteiger partial charge >= 0.3 is 5.97 Å². The zero-order valence-electron chi connectivity index (χ0n) is 15.9. The van der Waals surface area contributed by atoms with Crippen LogP contribution >= 0.6 is 23.1 Å². The van der Waals surface area contributed by atoms with Crippen LogP contribution in [0.2, 0.25) is 0 Å². The Bertz CT molecular complexity index is 1010. The predicted octanol–water partition coefficient (Wildman–Crippen LogP) is 3.99. The number of amides is 1. The molecule has 1 aromatic carbocycles. The second kappa shape index (κ2) is 9.45. The van der Waals surface area contributed by atoms with Crippen LogP contribution < -0.4 is 10.6 Å². The molecule has 1 unspecified atom stereocenters. The number of thiophene rings is 1. The van der Waals surface area contributed by atoms with Crippen molar-refractivity contribution in [3.63, 3.8) is 0 Å². The summed E-state index contributed by atoms with van der Waals surface area (Å²) in [6, 6.07) is 15.2. The Morgan fingerprint density at radius 1 is 1.28 bits per heavy atom. The molecule has 2 aromatic rings. The van der Waals surface area contributed by atoms with Crippen molar-refractivity contribution in [1.82, 2.24) is 5.32 Å². The maximum absolute atomic E-state index is 13.1. The predicted molar refractivity (Wildman–Crippen MR) is 115 cm³/mol. The number of allylic oxidation sites excluding steroid dienone is 2. The molecule has 0 radical (unpaired) electrons. The maximum atomic E-state index is 13.1. The highest BCUT2D eigenvalue weighted by Crippen LogP contribution is 2.42. The number of dihydropyridines is 1. The van der Waals surface area contributed by atoms with Gasteiger partial charge < -0.3 is 15.4 Å². The van der Waals surface area contributed by atoms with Gasteiger partial charge in [-0.1, -0.05) is 36.0 Å². The fraction of sp³-hybridized carbons (Fsp3) is 0.190. The van der Waals surface area contributed by atoms with Crippen molar-refractivity contribution >= 4 is 40.7 Å². The number of thioether (sulfide) groups is 1. The minimum Gasteiger partial charge on any atom is -0.468 e. The number of nitrogens with one attached hydrogen (secondary N) is 2. The first-order chi connectivity index (χ1) is 14.0. The Morgan fingerprint density at radius 3 is 2.66 bits per heavy atom.